The van der Waals surface area contributed by atoms with Gasteiger partial charge in [-0.2, -0.15) is 0 Å². The van der Waals surface area contributed by atoms with Gasteiger partial charge in [-0.25, -0.2) is 9.59 Å². The number of rotatable bonds is 20. The lowest BCUT2D eigenvalue weighted by Gasteiger charge is -2.46. The van der Waals surface area contributed by atoms with E-state index in [4.69, 9.17) is 28.4 Å². The second kappa shape index (κ2) is 22.9. The second-order valence-electron chi connectivity index (χ2n) is 17.7. The smallest absolute Gasteiger partial charge is 0.384 e. The van der Waals surface area contributed by atoms with Gasteiger partial charge < -0.3 is 62.9 Å². The van der Waals surface area contributed by atoms with Crippen LogP contribution >= 0.6 is 0 Å². The number of aliphatic hydroxyl groups is 5. The largest absolute Gasteiger partial charge is 0.493 e. The Morgan fingerprint density at radius 2 is 1.12 bits per heavy atom. The van der Waals surface area contributed by atoms with Gasteiger partial charge in [-0.15, -0.1) is 0 Å². The lowest BCUT2D eigenvalue weighted by molar-refractivity contribution is -0.941. The van der Waals surface area contributed by atoms with Gasteiger partial charge in [0, 0.05) is 66.2 Å². The Balaban J connectivity index is 1.07. The molecule has 15 heteroatoms. The number of ether oxygens (including phenoxy) is 6. The highest BCUT2D eigenvalue weighted by molar-refractivity contribution is 5.98. The number of esters is 2. The third kappa shape index (κ3) is 11.4. The number of carbonyl (C=O) groups excluding carboxylic acids is 2. The van der Waals surface area contributed by atoms with Gasteiger partial charge in [0.25, 0.3) is 0 Å². The van der Waals surface area contributed by atoms with Gasteiger partial charge in [0.2, 0.25) is 0 Å². The van der Waals surface area contributed by atoms with Crippen LogP contribution in [-0.4, -0.2) is 128 Å². The summed E-state index contributed by atoms with van der Waals surface area (Å²) in [7, 11) is 10.6. The molecule has 2 aliphatic rings. The van der Waals surface area contributed by atoms with E-state index in [0.717, 1.165) is 59.3 Å². The van der Waals surface area contributed by atoms with Crippen LogP contribution in [0.3, 0.4) is 0 Å². The van der Waals surface area contributed by atoms with Crippen molar-refractivity contribution in [2.45, 2.75) is 77.2 Å². The zero-order valence-corrected chi connectivity index (χ0v) is 39.6. The lowest BCUT2D eigenvalue weighted by Crippen LogP contribution is -2.52. The van der Waals surface area contributed by atoms with Crippen molar-refractivity contribution in [2.24, 2.45) is 0 Å². The fraction of sp³-hybridized carbons (Fsp3) is 0.462. The van der Waals surface area contributed by atoms with E-state index < -0.39 is 11.9 Å². The molecular weight excluding hydrogens is 861 g/mol. The average Bonchev–Trinajstić information content (AvgIpc) is 3.35. The summed E-state index contributed by atoms with van der Waals surface area (Å²) in [6.07, 6.45) is 3.13. The van der Waals surface area contributed by atoms with E-state index in [1.807, 2.05) is 54.6 Å². The molecule has 6 rings (SSSR count). The molecule has 0 saturated carbocycles. The van der Waals surface area contributed by atoms with E-state index in [1.54, 1.807) is 21.3 Å². The molecule has 2 aliphatic heterocycles. The van der Waals surface area contributed by atoms with Crippen molar-refractivity contribution in [3.05, 3.63) is 116 Å². The third-order valence-corrected chi connectivity index (χ3v) is 13.7. The van der Waals surface area contributed by atoms with Crippen molar-refractivity contribution >= 4 is 11.9 Å². The molecule has 0 bridgehead atoms. The van der Waals surface area contributed by atoms with Crippen molar-refractivity contribution in [3.63, 3.8) is 0 Å². The predicted molar refractivity (Wildman–Crippen MR) is 248 cm³/mol. The molecule has 2 heterocycles. The van der Waals surface area contributed by atoms with E-state index in [1.165, 1.54) is 7.11 Å². The summed E-state index contributed by atoms with van der Waals surface area (Å²) in [5.74, 6) is 5.09. The summed E-state index contributed by atoms with van der Waals surface area (Å²) in [6.45, 7) is 1.94. The highest BCUT2D eigenvalue weighted by atomic mass is 16.5. The van der Waals surface area contributed by atoms with Crippen LogP contribution in [0.25, 0.3) is 0 Å². The summed E-state index contributed by atoms with van der Waals surface area (Å²) >= 11 is 0. The van der Waals surface area contributed by atoms with Crippen LogP contribution in [0.15, 0.2) is 54.6 Å². The third-order valence-electron chi connectivity index (χ3n) is 13.7. The minimum Gasteiger partial charge on any atom is -0.493 e. The summed E-state index contributed by atoms with van der Waals surface area (Å²) in [4.78, 5) is 25.5. The first kappa shape index (κ1) is 50.7. The Bertz CT molecular complexity index is 2440. The van der Waals surface area contributed by atoms with Crippen molar-refractivity contribution in [3.8, 4) is 34.8 Å². The molecule has 0 fully saturated rings. The van der Waals surface area contributed by atoms with Gasteiger partial charge in [0.05, 0.1) is 115 Å². The topological polar surface area (TPSA) is 191 Å². The number of quaternary nitrogens is 2. The number of fused-ring (bicyclic) bond motifs is 2. The molecule has 0 spiro atoms. The van der Waals surface area contributed by atoms with Gasteiger partial charge in [0.15, 0.2) is 23.0 Å². The summed E-state index contributed by atoms with van der Waals surface area (Å²) in [6, 6.07) is 17.3. The molecule has 0 aliphatic carbocycles. The molecule has 0 amide bonds. The average molecular weight is 927 g/mol. The Morgan fingerprint density at radius 1 is 0.582 bits per heavy atom. The minimum absolute atomic E-state index is 0.0579. The van der Waals surface area contributed by atoms with Crippen molar-refractivity contribution < 1.29 is 72.5 Å². The number of hydrogen-bond donors (Lipinski definition) is 5. The molecule has 4 aromatic carbocycles. The fourth-order valence-corrected chi connectivity index (χ4v) is 10.1. The van der Waals surface area contributed by atoms with Crippen molar-refractivity contribution in [1.82, 2.24) is 0 Å². The second-order valence-corrected chi connectivity index (χ2v) is 17.7. The first-order valence-electron chi connectivity index (χ1n) is 22.7. The Hall–Kier alpha value is -5.70. The monoisotopic (exact) mass is 926 g/mol. The first-order chi connectivity index (χ1) is 32.3. The molecule has 5 N–H and O–H groups in total. The SMILES string of the molecule is COc1cc2c(cc1OC)C(c1cc(CO)c(OC)c(OC)c1)[N+](C)(CCCOC(=O)C#CC(=O)OCCC[N+]1(C)CCc3cc(CO)c(CO)cc3C1Cc1ccc(CO)c(CO)c1)CC2. The van der Waals surface area contributed by atoms with Crippen LogP contribution < -0.4 is 18.9 Å². The standard InChI is InChI=1S/C52H66N2O13/c1-53(17-13-35-23-40(31-57)41(32-58)25-43(35)45(53)22-34-9-10-37(29-55)39(21-34)30-56)15-7-19-66-49(60)11-12-50(61)67-20-8-16-54(2)18-14-36-26-46(62-3)47(63-4)28-44(36)51(54)38-24-42(33-59)52(65-6)48(27-38)64-5/h9-10,21,23-28,45,51,55-59H,7-8,13-20,22,29-33H2,1-6H3/q+2. The highest BCUT2D eigenvalue weighted by Gasteiger charge is 2.42. The van der Waals surface area contributed by atoms with Crippen LogP contribution in [0, 0.1) is 11.8 Å². The molecule has 67 heavy (non-hydrogen) atoms. The van der Waals surface area contributed by atoms with Gasteiger partial charge in [0.1, 0.15) is 12.1 Å². The molecule has 0 saturated heterocycles. The number of aliphatic hydroxyl groups excluding tert-OH is 5. The Labute approximate surface area is 393 Å². The van der Waals surface area contributed by atoms with Crippen molar-refractivity contribution in [2.75, 3.05) is 81.9 Å². The zero-order valence-electron chi connectivity index (χ0n) is 39.6. The van der Waals surface area contributed by atoms with E-state index in [0.29, 0.717) is 92.1 Å². The van der Waals surface area contributed by atoms with Gasteiger partial charge >= 0.3 is 11.9 Å². The van der Waals surface area contributed by atoms with Crippen LogP contribution in [0.2, 0.25) is 0 Å². The number of nitrogens with zero attached hydrogens (tertiary/aromatic N) is 2. The number of hydrogen-bond acceptors (Lipinski definition) is 13. The zero-order chi connectivity index (χ0) is 48.3. The fourth-order valence-electron chi connectivity index (χ4n) is 10.1. The maximum absolute atomic E-state index is 12.7. The van der Waals surface area contributed by atoms with Gasteiger partial charge in [-0.1, -0.05) is 24.3 Å². The molecule has 15 nitrogen and oxygen atoms in total. The normalized spacial score (nSPS) is 19.6. The maximum Gasteiger partial charge on any atom is 0.384 e. The van der Waals surface area contributed by atoms with E-state index in [-0.39, 0.29) is 58.3 Å². The summed E-state index contributed by atoms with van der Waals surface area (Å²) < 4.78 is 34.7. The molecule has 4 atom stereocenters. The van der Waals surface area contributed by atoms with Gasteiger partial charge in [-0.05, 0) is 69.3 Å². The van der Waals surface area contributed by atoms with Gasteiger partial charge in [-0.3, -0.25) is 0 Å². The van der Waals surface area contributed by atoms with E-state index in [9.17, 15) is 35.1 Å². The molecule has 4 unspecified atom stereocenters. The van der Waals surface area contributed by atoms with E-state index in [2.05, 4.69) is 25.9 Å². The highest BCUT2D eigenvalue weighted by Crippen LogP contribution is 2.47. The number of methoxy groups -OCH3 is 4. The minimum atomic E-state index is -0.833. The summed E-state index contributed by atoms with van der Waals surface area (Å²) in [5, 5.41) is 50.2. The van der Waals surface area contributed by atoms with Crippen LogP contribution in [0.5, 0.6) is 23.0 Å². The quantitative estimate of drug-likeness (QED) is 0.0280. The molecule has 0 aromatic heterocycles. The molecule has 0 radical (unpaired) electrons. The molecular formula is C52H66N2O13+2. The van der Waals surface area contributed by atoms with Crippen LogP contribution in [0.1, 0.15) is 86.1 Å². The number of carbonyl (C=O) groups is 2. The Kier molecular flexibility index (Phi) is 17.3. The van der Waals surface area contributed by atoms with Crippen LogP contribution in [-0.2, 0) is 71.4 Å². The lowest BCUT2D eigenvalue weighted by atomic mass is 9.83. The summed E-state index contributed by atoms with van der Waals surface area (Å²) in [5.41, 5.74) is 9.51. The van der Waals surface area contributed by atoms with Crippen LogP contribution in [0.4, 0.5) is 0 Å². The predicted octanol–water partition coefficient (Wildman–Crippen LogP) is 4.13. The van der Waals surface area contributed by atoms with Crippen molar-refractivity contribution in [1.29, 1.82) is 0 Å². The maximum atomic E-state index is 12.7. The molecule has 4 aromatic rings. The first-order valence-corrected chi connectivity index (χ1v) is 22.7. The molecule has 360 valence electrons. The Morgan fingerprint density at radius 3 is 1.70 bits per heavy atom. The number of benzene rings is 4. The number of likely N-dealkylation sites (N-methyl/N-ethyl adjacent to an activating group) is 2. The van der Waals surface area contributed by atoms with E-state index >= 15 is 0 Å².